The van der Waals surface area contributed by atoms with Gasteiger partial charge in [-0.25, -0.2) is 4.98 Å². The van der Waals surface area contributed by atoms with Gasteiger partial charge in [-0.15, -0.1) is 0 Å². The second-order valence-electron chi connectivity index (χ2n) is 5.14. The number of aliphatic hydroxyl groups is 1. The molecule has 0 radical (unpaired) electrons. The van der Waals surface area contributed by atoms with Crippen molar-refractivity contribution in [3.63, 3.8) is 0 Å². The molecule has 0 aromatic carbocycles. The molecule has 1 aliphatic heterocycles. The van der Waals surface area contributed by atoms with Gasteiger partial charge in [-0.3, -0.25) is 4.57 Å². The third-order valence-corrected chi connectivity index (χ3v) is 3.40. The lowest BCUT2D eigenvalue weighted by Crippen LogP contribution is -2.21. The first-order valence-corrected chi connectivity index (χ1v) is 5.90. The zero-order valence-corrected chi connectivity index (χ0v) is 10.4. The molecule has 2 aromatic rings. The quantitative estimate of drug-likeness (QED) is 0.767. The summed E-state index contributed by atoms with van der Waals surface area (Å²) in [6.07, 6.45) is 0.870. The third-order valence-electron chi connectivity index (χ3n) is 3.40. The fourth-order valence-corrected chi connectivity index (χ4v) is 2.25. The van der Waals surface area contributed by atoms with Crippen molar-refractivity contribution in [2.45, 2.75) is 19.6 Å². The predicted octanol–water partition coefficient (Wildman–Crippen LogP) is 0.465. The molecule has 0 aliphatic carbocycles. The van der Waals surface area contributed by atoms with Crippen molar-refractivity contribution in [1.82, 2.24) is 19.5 Å². The van der Waals surface area contributed by atoms with E-state index in [9.17, 15) is 9.50 Å². The van der Waals surface area contributed by atoms with Gasteiger partial charge in [0.25, 0.3) is 0 Å². The van der Waals surface area contributed by atoms with Crippen LogP contribution in [0.5, 0.6) is 0 Å². The van der Waals surface area contributed by atoms with Crippen LogP contribution in [0.3, 0.4) is 0 Å². The lowest BCUT2D eigenvalue weighted by molar-refractivity contribution is 0.0464. The van der Waals surface area contributed by atoms with Crippen molar-refractivity contribution in [1.29, 1.82) is 0 Å². The Bertz CT molecular complexity index is 631. The highest BCUT2D eigenvalue weighted by atomic mass is 19.1. The number of hydrogen-bond acceptors (Lipinski definition) is 6. The summed E-state index contributed by atoms with van der Waals surface area (Å²) in [6, 6.07) is 0. The molecule has 1 saturated heterocycles. The van der Waals surface area contributed by atoms with E-state index in [-0.39, 0.29) is 24.1 Å². The van der Waals surface area contributed by atoms with Crippen molar-refractivity contribution in [2.75, 3.05) is 18.9 Å². The average molecular weight is 267 g/mol. The summed E-state index contributed by atoms with van der Waals surface area (Å²) in [6.45, 7) is 2.38. The molecule has 0 spiro atoms. The second-order valence-corrected chi connectivity index (χ2v) is 5.14. The maximum absolute atomic E-state index is 13.2. The van der Waals surface area contributed by atoms with Gasteiger partial charge in [-0.1, -0.05) is 6.92 Å². The monoisotopic (exact) mass is 267 g/mol. The van der Waals surface area contributed by atoms with Crippen LogP contribution in [-0.2, 0) is 4.74 Å². The van der Waals surface area contributed by atoms with Crippen LogP contribution in [0.2, 0.25) is 0 Å². The molecular weight excluding hydrogens is 253 g/mol. The summed E-state index contributed by atoms with van der Waals surface area (Å²) < 4.78 is 20.5. The number of nitrogens with zero attached hydrogens (tertiary/aromatic N) is 4. The number of nitrogen functional groups attached to an aromatic ring is 1. The molecule has 102 valence electrons. The molecule has 8 heteroatoms. The first-order chi connectivity index (χ1) is 9.02. The highest BCUT2D eigenvalue weighted by molar-refractivity contribution is 5.81. The molecule has 0 saturated carbocycles. The highest BCUT2D eigenvalue weighted by Crippen LogP contribution is 2.38. The number of fused-ring (bicyclic) bond motifs is 1. The molecule has 2 aromatic heterocycles. The number of nitrogens with two attached hydrogens (primary N) is 1. The third kappa shape index (κ3) is 1.92. The van der Waals surface area contributed by atoms with Gasteiger partial charge in [0.2, 0.25) is 0 Å². The predicted molar refractivity (Wildman–Crippen MR) is 64.5 cm³/mol. The molecule has 3 N–H and O–H groups in total. The smallest absolute Gasteiger partial charge is 0.312 e. The molecule has 7 nitrogen and oxygen atoms in total. The summed E-state index contributed by atoms with van der Waals surface area (Å²) >= 11 is 0. The summed E-state index contributed by atoms with van der Waals surface area (Å²) in [7, 11) is 0. The molecular formula is C11H14FN5O2. The van der Waals surface area contributed by atoms with Crippen LogP contribution >= 0.6 is 0 Å². The minimum Gasteiger partial charge on any atom is -0.396 e. The summed E-state index contributed by atoms with van der Waals surface area (Å²) in [5.74, 6) is 0.00386. The van der Waals surface area contributed by atoms with E-state index in [1.807, 2.05) is 6.92 Å². The molecule has 3 rings (SSSR count). The number of imidazole rings is 1. The normalized spacial score (nSPS) is 27.2. The summed E-state index contributed by atoms with van der Waals surface area (Å²) in [5, 5.41) is 9.33. The summed E-state index contributed by atoms with van der Waals surface area (Å²) in [4.78, 5) is 11.2. The van der Waals surface area contributed by atoms with Gasteiger partial charge in [-0.05, 0) is 0 Å². The van der Waals surface area contributed by atoms with E-state index in [2.05, 4.69) is 15.0 Å². The number of halogens is 1. The number of aliphatic hydroxyl groups excluding tert-OH is 1. The fourth-order valence-electron chi connectivity index (χ4n) is 2.25. The molecule has 3 heterocycles. The van der Waals surface area contributed by atoms with E-state index in [0.717, 1.165) is 0 Å². The Morgan fingerprint density at radius 2 is 2.42 bits per heavy atom. The Hall–Kier alpha value is -1.80. The number of anilines is 1. The molecule has 19 heavy (non-hydrogen) atoms. The number of rotatable bonds is 2. The van der Waals surface area contributed by atoms with Gasteiger partial charge < -0.3 is 15.6 Å². The van der Waals surface area contributed by atoms with Crippen LogP contribution < -0.4 is 5.73 Å². The fraction of sp³-hybridized carbons (Fsp3) is 0.545. The number of ether oxygens (including phenoxy) is 1. The van der Waals surface area contributed by atoms with Gasteiger partial charge in [0, 0.05) is 11.8 Å². The van der Waals surface area contributed by atoms with Crippen LogP contribution in [-0.4, -0.2) is 37.8 Å². The number of aromatic nitrogens is 4. The van der Waals surface area contributed by atoms with Crippen molar-refractivity contribution >= 4 is 17.0 Å². The van der Waals surface area contributed by atoms with Crippen LogP contribution in [0.15, 0.2) is 6.33 Å². The Kier molecular flexibility index (Phi) is 2.64. The van der Waals surface area contributed by atoms with Gasteiger partial charge >= 0.3 is 6.08 Å². The lowest BCUT2D eigenvalue weighted by atomic mass is 9.90. The van der Waals surface area contributed by atoms with E-state index in [0.29, 0.717) is 24.2 Å². The van der Waals surface area contributed by atoms with Gasteiger partial charge in [-0.2, -0.15) is 14.4 Å². The van der Waals surface area contributed by atoms with Crippen molar-refractivity contribution in [2.24, 2.45) is 5.41 Å². The van der Waals surface area contributed by atoms with Gasteiger partial charge in [0.1, 0.15) is 6.23 Å². The molecule has 1 fully saturated rings. The summed E-state index contributed by atoms with van der Waals surface area (Å²) in [5.41, 5.74) is 5.95. The van der Waals surface area contributed by atoms with E-state index >= 15 is 0 Å². The van der Waals surface area contributed by atoms with Crippen LogP contribution in [0.1, 0.15) is 19.6 Å². The minimum absolute atomic E-state index is 0.00386. The van der Waals surface area contributed by atoms with Crippen LogP contribution in [0.4, 0.5) is 10.2 Å². The van der Waals surface area contributed by atoms with Gasteiger partial charge in [0.15, 0.2) is 17.0 Å². The maximum Gasteiger partial charge on any atom is 0.312 e. The van der Waals surface area contributed by atoms with E-state index in [4.69, 9.17) is 10.5 Å². The Morgan fingerprint density at radius 1 is 1.63 bits per heavy atom. The highest BCUT2D eigenvalue weighted by Gasteiger charge is 2.37. The SMILES string of the molecule is C[C@@]1(CO)CO[C@@H](n2cnc3c(N)nc(F)nc32)C1. The molecule has 0 unspecified atom stereocenters. The van der Waals surface area contributed by atoms with Crippen LogP contribution in [0, 0.1) is 11.5 Å². The standard InChI is InChI=1S/C11H14FN5O2/c1-11(3-18)2-6(19-4-11)17-5-14-7-8(13)15-10(12)16-9(7)17/h5-6,18H,2-4H2,1H3,(H2,13,15,16)/t6-,11-/m1/s1. The van der Waals surface area contributed by atoms with Crippen molar-refractivity contribution < 1.29 is 14.2 Å². The molecule has 1 aliphatic rings. The zero-order valence-electron chi connectivity index (χ0n) is 10.4. The second kappa shape index (κ2) is 4.10. The molecule has 2 atom stereocenters. The Morgan fingerprint density at radius 3 is 3.11 bits per heavy atom. The van der Waals surface area contributed by atoms with Crippen molar-refractivity contribution in [3.8, 4) is 0 Å². The lowest BCUT2D eigenvalue weighted by Gasteiger charge is -2.17. The average Bonchev–Trinajstić information content (AvgIpc) is 2.94. The maximum atomic E-state index is 13.2. The molecule has 0 bridgehead atoms. The topological polar surface area (TPSA) is 99.1 Å². The first-order valence-electron chi connectivity index (χ1n) is 5.90. The Balaban J connectivity index is 2.03. The zero-order chi connectivity index (χ0) is 13.6. The Labute approximate surface area is 108 Å². The van der Waals surface area contributed by atoms with Crippen LogP contribution in [0.25, 0.3) is 11.2 Å². The van der Waals surface area contributed by atoms with Gasteiger partial charge in [0.05, 0.1) is 19.5 Å². The van der Waals surface area contributed by atoms with E-state index in [1.54, 1.807) is 4.57 Å². The molecule has 0 amide bonds. The largest absolute Gasteiger partial charge is 0.396 e. The van der Waals surface area contributed by atoms with E-state index < -0.39 is 6.08 Å². The van der Waals surface area contributed by atoms with Crippen molar-refractivity contribution in [3.05, 3.63) is 12.4 Å². The number of hydrogen-bond donors (Lipinski definition) is 2. The minimum atomic E-state index is -0.894. The first kappa shape index (κ1) is 12.2. The van der Waals surface area contributed by atoms with E-state index in [1.165, 1.54) is 6.33 Å².